The summed E-state index contributed by atoms with van der Waals surface area (Å²) in [5.74, 6) is -0.565. The summed E-state index contributed by atoms with van der Waals surface area (Å²) < 4.78 is 5.71. The Morgan fingerprint density at radius 3 is 2.28 bits per heavy atom. The highest BCUT2D eigenvalue weighted by Gasteiger charge is 2.44. The van der Waals surface area contributed by atoms with Crippen LogP contribution < -0.4 is 10.2 Å². The van der Waals surface area contributed by atoms with Crippen molar-refractivity contribution in [2.75, 3.05) is 23.3 Å². The van der Waals surface area contributed by atoms with Gasteiger partial charge in [0.2, 0.25) is 11.8 Å². The summed E-state index contributed by atoms with van der Waals surface area (Å²) in [6.45, 7) is 6.66. The van der Waals surface area contributed by atoms with Crippen LogP contribution in [0.15, 0.2) is 24.3 Å². The number of anilines is 2. The van der Waals surface area contributed by atoms with Crippen molar-refractivity contribution in [3.05, 3.63) is 24.3 Å². The van der Waals surface area contributed by atoms with Gasteiger partial charge in [-0.2, -0.15) is 0 Å². The molecule has 0 aromatic heterocycles. The molecule has 3 rings (SSSR count). The number of rotatable bonds is 3. The average molecular weight is 345 g/mol. The fourth-order valence-electron chi connectivity index (χ4n) is 3.54. The Morgan fingerprint density at radius 1 is 1.12 bits per heavy atom. The number of hydrogen-bond donors (Lipinski definition) is 1. The number of hydrogen-bond acceptors (Lipinski definition) is 5. The normalized spacial score (nSPS) is 27.6. The summed E-state index contributed by atoms with van der Waals surface area (Å²) in [5.41, 5.74) is 1.16. The van der Waals surface area contributed by atoms with Crippen LogP contribution in [0.3, 0.4) is 0 Å². The van der Waals surface area contributed by atoms with Gasteiger partial charge in [-0.3, -0.25) is 19.3 Å². The minimum atomic E-state index is -0.434. The highest BCUT2D eigenvalue weighted by Crippen LogP contribution is 2.28. The van der Waals surface area contributed by atoms with Gasteiger partial charge in [0.25, 0.3) is 5.91 Å². The largest absolute Gasteiger partial charge is 0.373 e. The molecule has 1 aromatic rings. The smallest absolute Gasteiger partial charge is 0.251 e. The summed E-state index contributed by atoms with van der Waals surface area (Å²) in [7, 11) is 0. The van der Waals surface area contributed by atoms with Crippen molar-refractivity contribution >= 4 is 29.1 Å². The van der Waals surface area contributed by atoms with E-state index in [9.17, 15) is 14.4 Å². The summed E-state index contributed by atoms with van der Waals surface area (Å²) >= 11 is 0. The molecule has 0 unspecified atom stereocenters. The molecule has 0 spiro atoms. The molecule has 0 radical (unpaired) electrons. The molecule has 134 valence electrons. The van der Waals surface area contributed by atoms with Crippen molar-refractivity contribution in [3.8, 4) is 0 Å². The van der Waals surface area contributed by atoms with Gasteiger partial charge in [0.05, 0.1) is 30.4 Å². The highest BCUT2D eigenvalue weighted by molar-refractivity contribution is 6.22. The van der Waals surface area contributed by atoms with Crippen molar-refractivity contribution in [1.82, 2.24) is 4.90 Å². The summed E-state index contributed by atoms with van der Waals surface area (Å²) in [4.78, 5) is 39.7. The van der Waals surface area contributed by atoms with Gasteiger partial charge in [-0.1, -0.05) is 0 Å². The Morgan fingerprint density at radius 2 is 1.72 bits per heavy atom. The van der Waals surface area contributed by atoms with Gasteiger partial charge < -0.3 is 10.1 Å². The lowest BCUT2D eigenvalue weighted by Gasteiger charge is -2.37. The molecule has 0 saturated carbocycles. The predicted molar refractivity (Wildman–Crippen MR) is 93.2 cm³/mol. The van der Waals surface area contributed by atoms with Crippen molar-refractivity contribution in [2.45, 2.75) is 45.4 Å². The zero-order chi connectivity index (χ0) is 18.1. The zero-order valence-electron chi connectivity index (χ0n) is 14.7. The van der Waals surface area contributed by atoms with Crippen molar-refractivity contribution in [3.63, 3.8) is 0 Å². The van der Waals surface area contributed by atoms with Crippen LogP contribution in [0.4, 0.5) is 11.4 Å². The van der Waals surface area contributed by atoms with Crippen molar-refractivity contribution < 1.29 is 19.1 Å². The van der Waals surface area contributed by atoms with E-state index < -0.39 is 6.04 Å². The van der Waals surface area contributed by atoms with Gasteiger partial charge in [-0.25, -0.2) is 4.90 Å². The Balaban J connectivity index is 1.76. The lowest BCUT2D eigenvalue weighted by atomic mass is 10.1. The molecule has 7 heteroatoms. The topological polar surface area (TPSA) is 79.0 Å². The average Bonchev–Trinajstić information content (AvgIpc) is 2.82. The van der Waals surface area contributed by atoms with E-state index in [1.165, 1.54) is 11.8 Å². The third-order valence-corrected chi connectivity index (χ3v) is 4.46. The first kappa shape index (κ1) is 17.6. The maximum absolute atomic E-state index is 12.8. The molecule has 1 N–H and O–H groups in total. The van der Waals surface area contributed by atoms with Crippen LogP contribution >= 0.6 is 0 Å². The van der Waals surface area contributed by atoms with Gasteiger partial charge in [0, 0.05) is 25.7 Å². The predicted octanol–water partition coefficient (Wildman–Crippen LogP) is 1.39. The molecular weight excluding hydrogens is 322 g/mol. The molecule has 2 aliphatic rings. The number of carbonyl (C=O) groups excluding carboxylic acids is 3. The minimum Gasteiger partial charge on any atom is -0.373 e. The second-order valence-electron chi connectivity index (χ2n) is 6.73. The van der Waals surface area contributed by atoms with Gasteiger partial charge in [0.15, 0.2) is 0 Å². The third-order valence-electron chi connectivity index (χ3n) is 4.46. The van der Waals surface area contributed by atoms with Crippen LogP contribution in [-0.4, -0.2) is 54.0 Å². The van der Waals surface area contributed by atoms with E-state index in [1.54, 1.807) is 24.3 Å². The van der Waals surface area contributed by atoms with Gasteiger partial charge in [0.1, 0.15) is 0 Å². The molecule has 2 fully saturated rings. The second kappa shape index (κ2) is 6.93. The molecule has 0 aliphatic carbocycles. The molecule has 3 amide bonds. The second-order valence-corrected chi connectivity index (χ2v) is 6.73. The quantitative estimate of drug-likeness (QED) is 0.838. The summed E-state index contributed by atoms with van der Waals surface area (Å²) in [6, 6.07) is 6.28. The molecule has 2 saturated heterocycles. The number of benzene rings is 1. The number of nitrogens with zero attached hydrogens (tertiary/aromatic N) is 2. The molecule has 2 heterocycles. The number of ether oxygens (including phenoxy) is 1. The van der Waals surface area contributed by atoms with E-state index in [1.807, 2.05) is 18.7 Å². The van der Waals surface area contributed by atoms with Crippen LogP contribution in [0.25, 0.3) is 0 Å². The van der Waals surface area contributed by atoms with Crippen molar-refractivity contribution in [2.24, 2.45) is 0 Å². The molecular formula is C18H23N3O4. The first-order valence-corrected chi connectivity index (χ1v) is 8.49. The Bertz CT molecular complexity index is 678. The highest BCUT2D eigenvalue weighted by atomic mass is 16.5. The maximum atomic E-state index is 12.8. The molecule has 3 atom stereocenters. The van der Waals surface area contributed by atoms with Crippen LogP contribution in [0.1, 0.15) is 27.2 Å². The molecule has 1 aromatic carbocycles. The first-order valence-electron chi connectivity index (χ1n) is 8.49. The first-order chi connectivity index (χ1) is 11.8. The fraction of sp³-hybridized carbons (Fsp3) is 0.500. The van der Waals surface area contributed by atoms with Crippen LogP contribution in [0, 0.1) is 0 Å². The lowest BCUT2D eigenvalue weighted by Crippen LogP contribution is -2.52. The van der Waals surface area contributed by atoms with E-state index >= 15 is 0 Å². The van der Waals surface area contributed by atoms with E-state index in [-0.39, 0.29) is 36.4 Å². The maximum Gasteiger partial charge on any atom is 0.251 e. The van der Waals surface area contributed by atoms with Crippen molar-refractivity contribution in [1.29, 1.82) is 0 Å². The van der Waals surface area contributed by atoms with Crippen LogP contribution in [-0.2, 0) is 19.1 Å². The van der Waals surface area contributed by atoms with E-state index in [0.29, 0.717) is 24.5 Å². The lowest BCUT2D eigenvalue weighted by molar-refractivity contribution is -0.127. The minimum absolute atomic E-state index is 0.0395. The standard InChI is InChI=1S/C18H23N3O4/c1-11-9-20(10-12(2)25-11)16-8-17(23)21(18(16)24)15-6-4-14(5-7-15)19-13(3)22/h4-7,11-12,16H,8-10H2,1-3H3,(H,19,22)/t11-,12-,16+/m1/s1. The summed E-state index contributed by atoms with van der Waals surface area (Å²) in [6.07, 6.45) is 0.265. The monoisotopic (exact) mass is 345 g/mol. The number of morpholine rings is 1. The Kier molecular flexibility index (Phi) is 4.87. The molecule has 25 heavy (non-hydrogen) atoms. The number of imide groups is 1. The Hall–Kier alpha value is -2.25. The molecule has 2 aliphatic heterocycles. The fourth-order valence-corrected chi connectivity index (χ4v) is 3.54. The summed E-state index contributed by atoms with van der Waals surface area (Å²) in [5, 5.41) is 2.67. The van der Waals surface area contributed by atoms with Gasteiger partial charge in [-0.15, -0.1) is 0 Å². The van der Waals surface area contributed by atoms with Crippen LogP contribution in [0.5, 0.6) is 0 Å². The SMILES string of the molecule is CC(=O)Nc1ccc(N2C(=O)C[C@H](N3C[C@@H](C)O[C@H](C)C3)C2=O)cc1. The van der Waals surface area contributed by atoms with E-state index in [4.69, 9.17) is 4.74 Å². The Labute approximate surface area is 146 Å². The molecule has 0 bridgehead atoms. The zero-order valence-corrected chi connectivity index (χ0v) is 14.7. The van der Waals surface area contributed by atoms with Gasteiger partial charge in [-0.05, 0) is 38.1 Å². The number of amides is 3. The third kappa shape index (κ3) is 3.72. The van der Waals surface area contributed by atoms with Crippen LogP contribution in [0.2, 0.25) is 0 Å². The van der Waals surface area contributed by atoms with Gasteiger partial charge >= 0.3 is 0 Å². The number of nitrogens with one attached hydrogen (secondary N) is 1. The number of carbonyl (C=O) groups is 3. The van der Waals surface area contributed by atoms with E-state index in [0.717, 1.165) is 0 Å². The van der Waals surface area contributed by atoms with E-state index in [2.05, 4.69) is 5.32 Å². The molecule has 7 nitrogen and oxygen atoms in total.